The average Bonchev–Trinajstić information content (AvgIpc) is 2.60. The quantitative estimate of drug-likeness (QED) is 0.863. The van der Waals surface area contributed by atoms with Crippen LogP contribution < -0.4 is 10.5 Å². The third-order valence-corrected chi connectivity index (χ3v) is 2.95. The Morgan fingerprint density at radius 2 is 2.00 bits per heavy atom. The van der Waals surface area contributed by atoms with Crippen molar-refractivity contribution in [2.45, 2.75) is 13.8 Å². The number of ether oxygens (including phenoxy) is 1. The highest BCUT2D eigenvalue weighted by Gasteiger charge is 2.13. The van der Waals surface area contributed by atoms with Crippen LogP contribution in [0.2, 0.25) is 5.15 Å². The molecule has 0 aliphatic rings. The van der Waals surface area contributed by atoms with Gasteiger partial charge in [-0.05, 0) is 37.1 Å². The van der Waals surface area contributed by atoms with Crippen molar-refractivity contribution < 1.29 is 4.74 Å². The number of rotatable bonds is 2. The third kappa shape index (κ3) is 2.08. The number of imidazole rings is 1. The van der Waals surface area contributed by atoms with Gasteiger partial charge in [-0.25, -0.2) is 4.98 Å². The molecule has 0 spiro atoms. The molecule has 2 aromatic rings. The molecular formula is C12H14ClN3O. The van der Waals surface area contributed by atoms with Crippen molar-refractivity contribution in [2.24, 2.45) is 0 Å². The molecule has 1 aromatic carbocycles. The zero-order valence-corrected chi connectivity index (χ0v) is 10.7. The van der Waals surface area contributed by atoms with Crippen molar-refractivity contribution in [2.75, 3.05) is 12.8 Å². The lowest BCUT2D eigenvalue weighted by Gasteiger charge is -2.09. The molecule has 0 atom stereocenters. The number of nitrogen functional groups attached to an aromatic ring is 1. The summed E-state index contributed by atoms with van der Waals surface area (Å²) in [6, 6.07) is 3.96. The molecule has 0 amide bonds. The number of hydrogen-bond donors (Lipinski definition) is 2. The van der Waals surface area contributed by atoms with Crippen LogP contribution in [0.1, 0.15) is 11.1 Å². The maximum Gasteiger partial charge on any atom is 0.199 e. The summed E-state index contributed by atoms with van der Waals surface area (Å²) in [5.41, 5.74) is 9.29. The van der Waals surface area contributed by atoms with Gasteiger partial charge >= 0.3 is 0 Å². The Kier molecular flexibility index (Phi) is 2.98. The average molecular weight is 252 g/mol. The number of aromatic amines is 1. The van der Waals surface area contributed by atoms with Gasteiger partial charge in [0.2, 0.25) is 0 Å². The Balaban J connectivity index is 2.60. The van der Waals surface area contributed by atoms with Crippen molar-refractivity contribution in [3.8, 4) is 17.0 Å². The largest absolute Gasteiger partial charge is 0.496 e. The summed E-state index contributed by atoms with van der Waals surface area (Å²) < 4.78 is 5.27. The zero-order chi connectivity index (χ0) is 12.6. The minimum absolute atomic E-state index is 0.317. The minimum atomic E-state index is 0.317. The van der Waals surface area contributed by atoms with Gasteiger partial charge in [-0.15, -0.1) is 0 Å². The number of anilines is 1. The predicted octanol–water partition coefficient (Wildman–Crippen LogP) is 2.94. The van der Waals surface area contributed by atoms with Crippen LogP contribution in [-0.2, 0) is 0 Å². The zero-order valence-electron chi connectivity index (χ0n) is 9.97. The van der Waals surface area contributed by atoms with E-state index in [1.807, 2.05) is 26.0 Å². The molecule has 17 heavy (non-hydrogen) atoms. The maximum absolute atomic E-state index is 6.05. The van der Waals surface area contributed by atoms with Gasteiger partial charge in [0, 0.05) is 5.56 Å². The predicted molar refractivity (Wildman–Crippen MR) is 69.5 cm³/mol. The van der Waals surface area contributed by atoms with Crippen LogP contribution in [0.5, 0.6) is 5.75 Å². The Hall–Kier alpha value is -1.68. The molecule has 0 bridgehead atoms. The minimum Gasteiger partial charge on any atom is -0.496 e. The first kappa shape index (κ1) is 11.8. The second kappa shape index (κ2) is 4.30. The van der Waals surface area contributed by atoms with Crippen LogP contribution in [0, 0.1) is 13.8 Å². The fourth-order valence-electron chi connectivity index (χ4n) is 1.81. The summed E-state index contributed by atoms with van der Waals surface area (Å²) in [7, 11) is 1.65. The van der Waals surface area contributed by atoms with Gasteiger partial charge in [0.1, 0.15) is 16.6 Å². The van der Waals surface area contributed by atoms with Crippen LogP contribution in [0.4, 0.5) is 5.95 Å². The molecule has 0 radical (unpaired) electrons. The van der Waals surface area contributed by atoms with E-state index in [9.17, 15) is 0 Å². The molecule has 0 saturated heterocycles. The lowest BCUT2D eigenvalue weighted by molar-refractivity contribution is 0.411. The monoisotopic (exact) mass is 251 g/mol. The number of nitrogens with two attached hydrogens (primary N) is 1. The second-order valence-electron chi connectivity index (χ2n) is 3.92. The lowest BCUT2D eigenvalue weighted by Crippen LogP contribution is -1.92. The van der Waals surface area contributed by atoms with E-state index in [1.54, 1.807) is 7.11 Å². The molecule has 4 nitrogen and oxygen atoms in total. The molecular weight excluding hydrogens is 238 g/mol. The van der Waals surface area contributed by atoms with Crippen molar-refractivity contribution in [1.82, 2.24) is 9.97 Å². The Morgan fingerprint density at radius 3 is 2.53 bits per heavy atom. The number of nitrogens with zero attached hydrogens (tertiary/aromatic N) is 1. The fraction of sp³-hybridized carbons (Fsp3) is 0.250. The summed E-state index contributed by atoms with van der Waals surface area (Å²) in [6.45, 7) is 3.96. The highest BCUT2D eigenvalue weighted by Crippen LogP contribution is 2.33. The summed E-state index contributed by atoms with van der Waals surface area (Å²) in [5, 5.41) is 0.454. The van der Waals surface area contributed by atoms with Gasteiger partial charge in [0.05, 0.1) is 7.11 Å². The third-order valence-electron chi connectivity index (χ3n) is 2.67. The summed E-state index contributed by atoms with van der Waals surface area (Å²) in [5.74, 6) is 1.17. The van der Waals surface area contributed by atoms with Gasteiger partial charge < -0.3 is 15.5 Å². The Morgan fingerprint density at radius 1 is 1.29 bits per heavy atom. The number of aromatic nitrogens is 2. The lowest BCUT2D eigenvalue weighted by atomic mass is 10.0. The normalized spacial score (nSPS) is 10.6. The molecule has 0 aliphatic heterocycles. The van der Waals surface area contributed by atoms with Crippen LogP contribution in [0.25, 0.3) is 11.3 Å². The number of nitrogens with one attached hydrogen (secondary N) is 1. The van der Waals surface area contributed by atoms with Crippen LogP contribution in [0.3, 0.4) is 0 Å². The van der Waals surface area contributed by atoms with E-state index < -0.39 is 0 Å². The first-order valence-corrected chi connectivity index (χ1v) is 5.57. The molecule has 0 fully saturated rings. The van der Waals surface area contributed by atoms with Crippen molar-refractivity contribution in [1.29, 1.82) is 0 Å². The smallest absolute Gasteiger partial charge is 0.199 e. The summed E-state index contributed by atoms with van der Waals surface area (Å²) in [4.78, 5) is 6.97. The van der Waals surface area contributed by atoms with Crippen molar-refractivity contribution in [3.63, 3.8) is 0 Å². The van der Waals surface area contributed by atoms with Crippen molar-refractivity contribution >= 4 is 17.5 Å². The Bertz CT molecular complexity index is 563. The van der Waals surface area contributed by atoms with Gasteiger partial charge in [0.15, 0.2) is 5.95 Å². The number of methoxy groups -OCH3 is 1. The summed E-state index contributed by atoms with van der Waals surface area (Å²) in [6.07, 6.45) is 0. The summed E-state index contributed by atoms with van der Waals surface area (Å²) >= 11 is 6.05. The molecule has 90 valence electrons. The molecule has 0 unspecified atom stereocenters. The van der Waals surface area contributed by atoms with Crippen LogP contribution >= 0.6 is 11.6 Å². The van der Waals surface area contributed by atoms with Crippen LogP contribution in [0.15, 0.2) is 12.1 Å². The highest BCUT2D eigenvalue weighted by molar-refractivity contribution is 6.32. The standard InChI is InChI=1S/C12H14ClN3O/c1-6-5-9(17-3)7(2)4-8(6)10-11(13)16-12(14)15-10/h4-5H,1-3H3,(H3,14,15,16). The first-order valence-electron chi connectivity index (χ1n) is 5.19. The Labute approximate surface area is 105 Å². The number of aryl methyl sites for hydroxylation is 2. The van der Waals surface area contributed by atoms with E-state index >= 15 is 0 Å². The van der Waals surface area contributed by atoms with E-state index in [2.05, 4.69) is 9.97 Å². The van der Waals surface area contributed by atoms with Crippen molar-refractivity contribution in [3.05, 3.63) is 28.4 Å². The van der Waals surface area contributed by atoms with E-state index in [4.69, 9.17) is 22.1 Å². The molecule has 2 rings (SSSR count). The first-order chi connectivity index (χ1) is 8.02. The maximum atomic E-state index is 6.05. The SMILES string of the molecule is COc1cc(C)c(-c2nc(N)[nH]c2Cl)cc1C. The number of H-pyrrole nitrogens is 1. The fourth-order valence-corrected chi connectivity index (χ4v) is 2.05. The van der Waals surface area contributed by atoms with Gasteiger partial charge in [-0.2, -0.15) is 0 Å². The molecule has 1 aromatic heterocycles. The van der Waals surface area contributed by atoms with E-state index in [0.717, 1.165) is 22.4 Å². The molecule has 0 aliphatic carbocycles. The number of halogens is 1. The van der Waals surface area contributed by atoms with Gasteiger partial charge in [0.25, 0.3) is 0 Å². The van der Waals surface area contributed by atoms with Gasteiger partial charge in [-0.3, -0.25) is 0 Å². The van der Waals surface area contributed by atoms with E-state index in [1.165, 1.54) is 0 Å². The molecule has 0 saturated carbocycles. The van der Waals surface area contributed by atoms with Gasteiger partial charge in [-0.1, -0.05) is 11.6 Å². The van der Waals surface area contributed by atoms with Crippen LogP contribution in [-0.4, -0.2) is 17.1 Å². The molecule has 3 N–H and O–H groups in total. The molecule has 1 heterocycles. The number of benzene rings is 1. The van der Waals surface area contributed by atoms with E-state index in [0.29, 0.717) is 16.8 Å². The second-order valence-corrected chi connectivity index (χ2v) is 4.30. The molecule has 5 heteroatoms. The van der Waals surface area contributed by atoms with E-state index in [-0.39, 0.29) is 0 Å². The topological polar surface area (TPSA) is 63.9 Å². The number of hydrogen-bond acceptors (Lipinski definition) is 3. The highest BCUT2D eigenvalue weighted by atomic mass is 35.5.